The standard InChI is InChI=1S/C68H92N6S3/c1-7-13-17-21-25-29-45-73(46-30-26-22-18-14-8-2)55-41-37-52(38-42-55)51-33-35-54(36-34-51)63-65-66(70-58(12-6)57(11-5)69-65)64(68-67(63)71-77-72-68)62-50-61-60(76-62)49-59(75-61)53-39-43-56(44-40-53)74(47-31-27-23-19-15-9-3)48-32-28-24-20-16-10-4/h33-44,49-50H,7-32,45-48H2,1-6H3. The third-order valence-electron chi connectivity index (χ3n) is 16.0. The molecule has 77 heavy (non-hydrogen) atoms. The molecule has 4 aromatic carbocycles. The second-order valence-electron chi connectivity index (χ2n) is 21.9. The van der Waals surface area contributed by atoms with Crippen LogP contribution in [0.2, 0.25) is 0 Å². The number of thiophene rings is 2. The number of hydrogen-bond acceptors (Lipinski definition) is 9. The SMILES string of the molecule is CCCCCCCCN(CCCCCCCC)c1ccc(-c2ccc(-c3c4nsnc4c(-c4cc5sc(-c6ccc(N(CCCCCCCC)CCCCCCCC)cc6)cc5s4)c4nc(CC)c(CC)nc34)cc2)cc1. The summed E-state index contributed by atoms with van der Waals surface area (Å²) in [5.74, 6) is 0. The van der Waals surface area contributed by atoms with Crippen molar-refractivity contribution >= 4 is 77.2 Å². The van der Waals surface area contributed by atoms with E-state index >= 15 is 0 Å². The molecule has 0 aliphatic carbocycles. The van der Waals surface area contributed by atoms with Crippen LogP contribution in [0.3, 0.4) is 0 Å². The van der Waals surface area contributed by atoms with Crippen LogP contribution >= 0.6 is 34.4 Å². The van der Waals surface area contributed by atoms with E-state index in [1.807, 2.05) is 22.7 Å². The molecule has 0 atom stereocenters. The van der Waals surface area contributed by atoms with Gasteiger partial charge in [-0.3, -0.25) is 0 Å². The summed E-state index contributed by atoms with van der Waals surface area (Å²) in [6.07, 6.45) is 33.6. The summed E-state index contributed by atoms with van der Waals surface area (Å²) in [6, 6.07) is 32.7. The third kappa shape index (κ3) is 15.8. The Hall–Kier alpha value is -4.70. The fraction of sp³-hybridized carbons (Fsp3) is 0.529. The van der Waals surface area contributed by atoms with Crippen molar-refractivity contribution in [1.82, 2.24) is 18.7 Å². The van der Waals surface area contributed by atoms with Crippen molar-refractivity contribution in [2.45, 2.75) is 208 Å². The molecule has 6 nitrogen and oxygen atoms in total. The Labute approximate surface area is 476 Å². The maximum atomic E-state index is 5.50. The fourth-order valence-corrected chi connectivity index (χ4v) is 14.4. The van der Waals surface area contributed by atoms with Gasteiger partial charge in [-0.05, 0) is 97.2 Å². The molecule has 0 radical (unpaired) electrons. The molecule has 0 N–H and O–H groups in total. The largest absolute Gasteiger partial charge is 0.372 e. The van der Waals surface area contributed by atoms with Crippen LogP contribution in [0.1, 0.15) is 207 Å². The zero-order chi connectivity index (χ0) is 53.6. The summed E-state index contributed by atoms with van der Waals surface area (Å²) in [6.45, 7) is 18.2. The van der Waals surface area contributed by atoms with Crippen molar-refractivity contribution in [3.63, 3.8) is 0 Å². The molecule has 4 heterocycles. The van der Waals surface area contributed by atoms with Crippen molar-refractivity contribution in [1.29, 1.82) is 0 Å². The van der Waals surface area contributed by atoms with E-state index in [1.165, 1.54) is 213 Å². The van der Waals surface area contributed by atoms with Crippen LogP contribution in [0.25, 0.3) is 74.6 Å². The van der Waals surface area contributed by atoms with Gasteiger partial charge in [0.25, 0.3) is 0 Å². The molecule has 0 unspecified atom stereocenters. The summed E-state index contributed by atoms with van der Waals surface area (Å²) in [5, 5.41) is 0. The first-order valence-electron chi connectivity index (χ1n) is 30.8. The highest BCUT2D eigenvalue weighted by atomic mass is 32.1. The monoisotopic (exact) mass is 1090 g/mol. The van der Waals surface area contributed by atoms with Gasteiger partial charge < -0.3 is 9.80 Å². The first kappa shape index (κ1) is 58.4. The number of aromatic nitrogens is 4. The number of nitrogens with zero attached hydrogens (tertiary/aromatic N) is 6. The van der Waals surface area contributed by atoms with Gasteiger partial charge in [-0.15, -0.1) is 22.7 Å². The van der Waals surface area contributed by atoms with E-state index in [9.17, 15) is 0 Å². The zero-order valence-electron chi connectivity index (χ0n) is 48.2. The Balaban J connectivity index is 1.03. The van der Waals surface area contributed by atoms with E-state index in [-0.39, 0.29) is 0 Å². The van der Waals surface area contributed by atoms with Gasteiger partial charge in [-0.1, -0.05) is 218 Å². The van der Waals surface area contributed by atoms with E-state index in [2.05, 4.69) is 136 Å². The maximum absolute atomic E-state index is 5.50. The minimum atomic E-state index is 0.827. The van der Waals surface area contributed by atoms with Gasteiger partial charge in [0.15, 0.2) is 0 Å². The highest BCUT2D eigenvalue weighted by molar-refractivity contribution is 7.31. The van der Waals surface area contributed by atoms with Crippen LogP contribution < -0.4 is 9.80 Å². The average molecular weight is 1090 g/mol. The van der Waals surface area contributed by atoms with Gasteiger partial charge in [0.05, 0.1) is 28.6 Å². The molecule has 0 saturated heterocycles. The molecule has 412 valence electrons. The lowest BCUT2D eigenvalue weighted by atomic mass is 9.95. The van der Waals surface area contributed by atoms with Crippen LogP contribution in [0.5, 0.6) is 0 Å². The quantitative estimate of drug-likeness (QED) is 0.0365. The summed E-state index contributed by atoms with van der Waals surface area (Å²) >= 11 is 5.03. The van der Waals surface area contributed by atoms with Gasteiger partial charge in [-0.25, -0.2) is 9.97 Å². The molecule has 0 aliphatic heterocycles. The van der Waals surface area contributed by atoms with Crippen LogP contribution in [0.15, 0.2) is 84.9 Å². The van der Waals surface area contributed by atoms with Gasteiger partial charge in [0.2, 0.25) is 0 Å². The molecule has 8 aromatic rings. The van der Waals surface area contributed by atoms with Crippen molar-refractivity contribution in [2.75, 3.05) is 36.0 Å². The summed E-state index contributed by atoms with van der Waals surface area (Å²) < 4.78 is 12.7. The molecule has 0 saturated carbocycles. The molecule has 0 bridgehead atoms. The van der Waals surface area contributed by atoms with Gasteiger partial charge in [0.1, 0.15) is 16.6 Å². The van der Waals surface area contributed by atoms with E-state index < -0.39 is 0 Å². The average Bonchev–Trinajstić information content (AvgIpc) is 4.22. The summed E-state index contributed by atoms with van der Waals surface area (Å²) in [7, 11) is 0. The summed E-state index contributed by atoms with van der Waals surface area (Å²) in [5.41, 5.74) is 15.4. The fourth-order valence-electron chi connectivity index (χ4n) is 11.4. The maximum Gasteiger partial charge on any atom is 0.116 e. The first-order chi connectivity index (χ1) is 38.0. The third-order valence-corrected chi connectivity index (χ3v) is 18.9. The number of anilines is 2. The highest BCUT2D eigenvalue weighted by Gasteiger charge is 2.25. The molecular weight excluding hydrogens is 997 g/mol. The van der Waals surface area contributed by atoms with Crippen molar-refractivity contribution < 1.29 is 0 Å². The van der Waals surface area contributed by atoms with Crippen molar-refractivity contribution in [3.8, 4) is 43.1 Å². The van der Waals surface area contributed by atoms with Crippen LogP contribution in [0, 0.1) is 0 Å². The van der Waals surface area contributed by atoms with Gasteiger partial charge >= 0.3 is 0 Å². The Morgan fingerprint density at radius 1 is 0.338 bits per heavy atom. The number of unbranched alkanes of at least 4 members (excludes halogenated alkanes) is 20. The van der Waals surface area contributed by atoms with E-state index in [0.29, 0.717) is 0 Å². The predicted octanol–water partition coefficient (Wildman–Crippen LogP) is 21.8. The van der Waals surface area contributed by atoms with Crippen LogP contribution in [0.4, 0.5) is 11.4 Å². The second kappa shape index (κ2) is 31.2. The van der Waals surface area contributed by atoms with Crippen molar-refractivity contribution in [3.05, 3.63) is 96.3 Å². The van der Waals surface area contributed by atoms with Crippen LogP contribution in [-0.4, -0.2) is 44.9 Å². The zero-order valence-corrected chi connectivity index (χ0v) is 50.7. The smallest absolute Gasteiger partial charge is 0.116 e. The lowest BCUT2D eigenvalue weighted by molar-refractivity contribution is 0.575. The molecule has 9 heteroatoms. The van der Waals surface area contributed by atoms with E-state index in [1.54, 1.807) is 0 Å². The number of benzene rings is 4. The Kier molecular flexibility index (Phi) is 23.7. The molecule has 0 amide bonds. The first-order valence-corrected chi connectivity index (χ1v) is 33.2. The number of rotatable bonds is 36. The number of hydrogen-bond donors (Lipinski definition) is 0. The molecular formula is C68H92N6S3. The molecule has 4 aromatic heterocycles. The minimum Gasteiger partial charge on any atom is -0.372 e. The molecule has 0 spiro atoms. The lowest BCUT2D eigenvalue weighted by Gasteiger charge is -2.25. The molecule has 0 fully saturated rings. The number of fused-ring (bicyclic) bond motifs is 3. The predicted molar refractivity (Wildman–Crippen MR) is 342 cm³/mol. The van der Waals surface area contributed by atoms with Gasteiger partial charge in [0, 0.05) is 67.8 Å². The molecule has 0 aliphatic rings. The normalized spacial score (nSPS) is 11.8. The minimum absolute atomic E-state index is 0.827. The highest BCUT2D eigenvalue weighted by Crippen LogP contribution is 2.48. The number of aryl methyl sites for hydroxylation is 2. The van der Waals surface area contributed by atoms with Crippen molar-refractivity contribution in [2.24, 2.45) is 0 Å². The van der Waals surface area contributed by atoms with Gasteiger partial charge in [-0.2, -0.15) is 8.75 Å². The Morgan fingerprint density at radius 3 is 1.10 bits per heavy atom. The molecule has 8 rings (SSSR count). The Bertz CT molecular complexity index is 2900. The van der Waals surface area contributed by atoms with Crippen LogP contribution in [-0.2, 0) is 12.8 Å². The Morgan fingerprint density at radius 2 is 0.675 bits per heavy atom. The van der Waals surface area contributed by atoms with E-state index in [4.69, 9.17) is 18.7 Å². The lowest BCUT2D eigenvalue weighted by Crippen LogP contribution is -2.25. The topological polar surface area (TPSA) is 58.0 Å². The second-order valence-corrected chi connectivity index (χ2v) is 24.6. The van der Waals surface area contributed by atoms with E-state index in [0.717, 1.165) is 89.2 Å². The summed E-state index contributed by atoms with van der Waals surface area (Å²) in [4.78, 5) is 18.8.